The molecule has 0 bridgehead atoms. The number of methoxy groups -OCH3 is 1. The van der Waals surface area contributed by atoms with Crippen molar-refractivity contribution in [3.63, 3.8) is 0 Å². The van der Waals surface area contributed by atoms with E-state index in [1.807, 2.05) is 0 Å². The zero-order valence-electron chi connectivity index (χ0n) is 11.5. The Morgan fingerprint density at radius 3 is 2.89 bits per heavy atom. The van der Waals surface area contributed by atoms with E-state index in [4.69, 9.17) is 4.74 Å². The van der Waals surface area contributed by atoms with E-state index in [0.29, 0.717) is 5.92 Å². The van der Waals surface area contributed by atoms with Gasteiger partial charge >= 0.3 is 0 Å². The van der Waals surface area contributed by atoms with E-state index in [1.165, 1.54) is 50.0 Å². The third kappa shape index (κ3) is 2.54. The number of nitrogens with zero attached hydrogens (tertiary/aromatic N) is 1. The summed E-state index contributed by atoms with van der Waals surface area (Å²) in [5.41, 5.74) is 3.01. The van der Waals surface area contributed by atoms with Gasteiger partial charge in [-0.05, 0) is 54.4 Å². The maximum Gasteiger partial charge on any atom is 0.119 e. The maximum atomic E-state index is 5.36. The highest BCUT2D eigenvalue weighted by atomic mass is 16.5. The van der Waals surface area contributed by atoms with Crippen LogP contribution in [-0.2, 0) is 6.42 Å². The lowest BCUT2D eigenvalue weighted by Gasteiger charge is -2.22. The minimum absolute atomic E-state index is 0.622. The monoisotopic (exact) mass is 245 g/mol. The van der Waals surface area contributed by atoms with Crippen LogP contribution < -0.4 is 4.74 Å². The summed E-state index contributed by atoms with van der Waals surface area (Å²) in [4.78, 5) is 2.66. The third-order valence-electron chi connectivity index (χ3n) is 4.33. The molecule has 0 saturated heterocycles. The molecular weight excluding hydrogens is 222 g/mol. The van der Waals surface area contributed by atoms with Crippen molar-refractivity contribution < 1.29 is 4.74 Å². The van der Waals surface area contributed by atoms with Crippen LogP contribution in [0.15, 0.2) is 18.2 Å². The fourth-order valence-corrected chi connectivity index (χ4v) is 3.07. The lowest BCUT2D eigenvalue weighted by atomic mass is 9.95. The average Bonchev–Trinajstić information content (AvgIpc) is 3.20. The Kier molecular flexibility index (Phi) is 3.29. The van der Waals surface area contributed by atoms with Crippen LogP contribution in [0.1, 0.15) is 36.8 Å². The van der Waals surface area contributed by atoms with E-state index >= 15 is 0 Å². The lowest BCUT2D eigenvalue weighted by Crippen LogP contribution is -2.29. The van der Waals surface area contributed by atoms with Gasteiger partial charge in [-0.15, -0.1) is 0 Å². The molecule has 2 nitrogen and oxygen atoms in total. The van der Waals surface area contributed by atoms with Gasteiger partial charge in [-0.25, -0.2) is 0 Å². The van der Waals surface area contributed by atoms with Crippen LogP contribution in [0.4, 0.5) is 0 Å². The second-order valence-electron chi connectivity index (χ2n) is 5.92. The normalized spacial score (nSPS) is 24.4. The highest BCUT2D eigenvalue weighted by Crippen LogP contribution is 2.33. The summed E-state index contributed by atoms with van der Waals surface area (Å²) in [5.74, 6) is 2.61. The molecule has 1 unspecified atom stereocenters. The molecule has 2 aliphatic rings. The molecule has 98 valence electrons. The van der Waals surface area contributed by atoms with E-state index in [0.717, 1.165) is 11.7 Å². The first kappa shape index (κ1) is 12.0. The van der Waals surface area contributed by atoms with Gasteiger partial charge in [0.05, 0.1) is 7.11 Å². The highest BCUT2D eigenvalue weighted by molar-refractivity contribution is 5.38. The van der Waals surface area contributed by atoms with Gasteiger partial charge in [-0.3, -0.25) is 0 Å². The zero-order chi connectivity index (χ0) is 12.5. The fourth-order valence-electron chi connectivity index (χ4n) is 3.07. The van der Waals surface area contributed by atoms with Crippen LogP contribution in [0.3, 0.4) is 0 Å². The predicted octanol–water partition coefficient (Wildman–Crippen LogP) is 3.07. The molecule has 0 amide bonds. The predicted molar refractivity (Wildman–Crippen MR) is 74.3 cm³/mol. The molecule has 1 atom stereocenters. The van der Waals surface area contributed by atoms with Gasteiger partial charge in [0.2, 0.25) is 0 Å². The number of rotatable bonds is 3. The van der Waals surface area contributed by atoms with E-state index < -0.39 is 0 Å². The largest absolute Gasteiger partial charge is 0.497 e. The van der Waals surface area contributed by atoms with Gasteiger partial charge in [0.15, 0.2) is 0 Å². The molecule has 3 rings (SSSR count). The van der Waals surface area contributed by atoms with Crippen LogP contribution in [0.25, 0.3) is 0 Å². The molecular formula is C16H23NO. The molecule has 1 aliphatic heterocycles. The summed E-state index contributed by atoms with van der Waals surface area (Å²) in [6, 6.07) is 6.59. The van der Waals surface area contributed by atoms with Crippen molar-refractivity contribution >= 4 is 0 Å². The Labute approximate surface area is 110 Å². The van der Waals surface area contributed by atoms with Crippen molar-refractivity contribution in [2.45, 2.75) is 32.1 Å². The number of fused-ring (bicyclic) bond motifs is 1. The first-order chi connectivity index (χ1) is 8.76. The Balaban J connectivity index is 1.78. The van der Waals surface area contributed by atoms with Gasteiger partial charge in [0.25, 0.3) is 0 Å². The van der Waals surface area contributed by atoms with Gasteiger partial charge < -0.3 is 9.64 Å². The highest BCUT2D eigenvalue weighted by Gasteiger charge is 2.27. The van der Waals surface area contributed by atoms with Crippen LogP contribution >= 0.6 is 0 Å². The van der Waals surface area contributed by atoms with Crippen molar-refractivity contribution in [1.82, 2.24) is 4.90 Å². The Bertz CT molecular complexity index is 425. The zero-order valence-corrected chi connectivity index (χ0v) is 11.5. The summed E-state index contributed by atoms with van der Waals surface area (Å²) in [6.45, 7) is 6.09. The van der Waals surface area contributed by atoms with Gasteiger partial charge in [0, 0.05) is 19.6 Å². The number of hydrogen-bond acceptors (Lipinski definition) is 2. The average molecular weight is 245 g/mol. The van der Waals surface area contributed by atoms with Crippen LogP contribution in [0, 0.1) is 5.92 Å². The van der Waals surface area contributed by atoms with Crippen molar-refractivity contribution in [3.05, 3.63) is 29.3 Å². The Hall–Kier alpha value is -1.02. The molecule has 1 saturated carbocycles. The molecule has 1 heterocycles. The Morgan fingerprint density at radius 2 is 2.17 bits per heavy atom. The third-order valence-corrected chi connectivity index (χ3v) is 4.33. The van der Waals surface area contributed by atoms with Gasteiger partial charge in [-0.2, -0.15) is 0 Å². The fraction of sp³-hybridized carbons (Fsp3) is 0.625. The standard InChI is InChI=1S/C16H23NO/c1-12-10-17(11-13-3-4-13)8-7-14-5-6-15(18-2)9-16(12)14/h5-6,9,12-13H,3-4,7-8,10-11H2,1-2H3. The second kappa shape index (κ2) is 4.93. The summed E-state index contributed by atoms with van der Waals surface area (Å²) in [6.07, 6.45) is 4.09. The molecule has 2 heteroatoms. The topological polar surface area (TPSA) is 12.5 Å². The summed E-state index contributed by atoms with van der Waals surface area (Å²) >= 11 is 0. The quantitative estimate of drug-likeness (QED) is 0.811. The molecule has 0 aromatic heterocycles. The summed E-state index contributed by atoms with van der Waals surface area (Å²) < 4.78 is 5.36. The van der Waals surface area contributed by atoms with Crippen LogP contribution in [0.2, 0.25) is 0 Å². The van der Waals surface area contributed by atoms with E-state index in [1.54, 1.807) is 7.11 Å². The molecule has 1 aliphatic carbocycles. The van der Waals surface area contributed by atoms with Gasteiger partial charge in [0.1, 0.15) is 5.75 Å². The molecule has 0 spiro atoms. The van der Waals surface area contributed by atoms with Crippen molar-refractivity contribution in [1.29, 1.82) is 0 Å². The molecule has 0 N–H and O–H groups in total. The number of benzene rings is 1. The molecule has 1 aromatic rings. The van der Waals surface area contributed by atoms with Crippen LogP contribution in [-0.4, -0.2) is 31.6 Å². The van der Waals surface area contributed by atoms with E-state index in [-0.39, 0.29) is 0 Å². The molecule has 1 fully saturated rings. The van der Waals surface area contributed by atoms with Crippen LogP contribution in [0.5, 0.6) is 5.75 Å². The minimum atomic E-state index is 0.622. The molecule has 18 heavy (non-hydrogen) atoms. The summed E-state index contributed by atoms with van der Waals surface area (Å²) in [7, 11) is 1.75. The minimum Gasteiger partial charge on any atom is -0.497 e. The summed E-state index contributed by atoms with van der Waals surface area (Å²) in [5, 5.41) is 0. The second-order valence-corrected chi connectivity index (χ2v) is 5.92. The lowest BCUT2D eigenvalue weighted by molar-refractivity contribution is 0.261. The van der Waals surface area contributed by atoms with Crippen molar-refractivity contribution in [2.24, 2.45) is 5.92 Å². The van der Waals surface area contributed by atoms with Crippen molar-refractivity contribution in [3.8, 4) is 5.75 Å². The number of hydrogen-bond donors (Lipinski definition) is 0. The first-order valence-corrected chi connectivity index (χ1v) is 7.15. The smallest absolute Gasteiger partial charge is 0.119 e. The van der Waals surface area contributed by atoms with E-state index in [9.17, 15) is 0 Å². The first-order valence-electron chi connectivity index (χ1n) is 7.15. The SMILES string of the molecule is COc1ccc2c(c1)C(C)CN(CC1CC1)CC2. The molecule has 0 radical (unpaired) electrons. The molecule has 1 aromatic carbocycles. The Morgan fingerprint density at radius 1 is 1.33 bits per heavy atom. The maximum absolute atomic E-state index is 5.36. The number of ether oxygens (including phenoxy) is 1. The van der Waals surface area contributed by atoms with Crippen molar-refractivity contribution in [2.75, 3.05) is 26.7 Å². The van der Waals surface area contributed by atoms with E-state index in [2.05, 4.69) is 30.0 Å². The van der Waals surface area contributed by atoms with Gasteiger partial charge in [-0.1, -0.05) is 13.0 Å².